The molecule has 3 nitrogen and oxygen atoms in total. The standard InChI is InChI=1S/C31H24N2O/c1-31(2)25-10-4-7-13-28(25)33(29-14-8-5-11-26(29)31)24-17-15-21(16-18-24)30(34)23-19-22-9-3-6-12-27(22)32-20-23/h3-20H,1-2H3. The van der Waals surface area contributed by atoms with Crippen LogP contribution in [0.4, 0.5) is 17.1 Å². The normalized spacial score (nSPS) is 13.9. The molecule has 3 heteroatoms. The molecule has 34 heavy (non-hydrogen) atoms. The summed E-state index contributed by atoms with van der Waals surface area (Å²) >= 11 is 0. The highest BCUT2D eigenvalue weighted by molar-refractivity contribution is 6.10. The van der Waals surface area contributed by atoms with Crippen molar-refractivity contribution < 1.29 is 4.79 Å². The summed E-state index contributed by atoms with van der Waals surface area (Å²) in [7, 11) is 0. The molecule has 4 aromatic carbocycles. The van der Waals surface area contributed by atoms with Crippen LogP contribution in [0, 0.1) is 0 Å². The van der Waals surface area contributed by atoms with Gasteiger partial charge in [0.1, 0.15) is 0 Å². The Kier molecular flexibility index (Phi) is 4.59. The summed E-state index contributed by atoms with van der Waals surface area (Å²) in [4.78, 5) is 20.0. The van der Waals surface area contributed by atoms with Crippen LogP contribution in [0.15, 0.2) is 109 Å². The second kappa shape index (κ2) is 7.67. The van der Waals surface area contributed by atoms with Crippen LogP contribution in [-0.2, 0) is 5.41 Å². The van der Waals surface area contributed by atoms with E-state index in [1.165, 1.54) is 22.5 Å². The highest BCUT2D eigenvalue weighted by Gasteiger charge is 2.36. The van der Waals surface area contributed by atoms with Crippen molar-refractivity contribution in [1.29, 1.82) is 0 Å². The van der Waals surface area contributed by atoms with Crippen molar-refractivity contribution in [3.63, 3.8) is 0 Å². The van der Waals surface area contributed by atoms with Crippen molar-refractivity contribution in [3.05, 3.63) is 132 Å². The van der Waals surface area contributed by atoms with Gasteiger partial charge in [0.05, 0.1) is 16.9 Å². The number of rotatable bonds is 3. The molecule has 0 fully saturated rings. The van der Waals surface area contributed by atoms with Crippen LogP contribution in [0.1, 0.15) is 40.9 Å². The molecule has 0 radical (unpaired) electrons. The Labute approximate surface area is 199 Å². The van der Waals surface area contributed by atoms with Crippen molar-refractivity contribution in [2.45, 2.75) is 19.3 Å². The molecule has 0 unspecified atom stereocenters. The number of anilines is 3. The summed E-state index contributed by atoms with van der Waals surface area (Å²) in [6, 6.07) is 34.8. The van der Waals surface area contributed by atoms with Crippen molar-refractivity contribution in [1.82, 2.24) is 4.98 Å². The quantitative estimate of drug-likeness (QED) is 0.271. The second-order valence-electron chi connectivity index (χ2n) is 9.29. The average Bonchev–Trinajstić information content (AvgIpc) is 2.89. The molecule has 0 N–H and O–H groups in total. The number of pyridine rings is 1. The zero-order chi connectivity index (χ0) is 23.3. The van der Waals surface area contributed by atoms with Crippen LogP contribution in [0.25, 0.3) is 10.9 Å². The molecule has 1 aliphatic rings. The first-order valence-electron chi connectivity index (χ1n) is 11.5. The van der Waals surface area contributed by atoms with E-state index < -0.39 is 0 Å². The molecule has 0 aliphatic carbocycles. The van der Waals surface area contributed by atoms with Crippen LogP contribution in [0.2, 0.25) is 0 Å². The van der Waals surface area contributed by atoms with Gasteiger partial charge < -0.3 is 4.90 Å². The van der Waals surface area contributed by atoms with Crippen LogP contribution in [0.5, 0.6) is 0 Å². The van der Waals surface area contributed by atoms with E-state index in [0.717, 1.165) is 16.6 Å². The molecule has 0 bridgehead atoms. The van der Waals surface area contributed by atoms with Crippen molar-refractivity contribution >= 4 is 33.7 Å². The topological polar surface area (TPSA) is 33.2 Å². The average molecular weight is 441 g/mol. The number of para-hydroxylation sites is 3. The molecular formula is C31H24N2O. The first kappa shape index (κ1) is 20.4. The van der Waals surface area contributed by atoms with Gasteiger partial charge in [0, 0.05) is 33.8 Å². The summed E-state index contributed by atoms with van der Waals surface area (Å²) in [5, 5.41) is 0.967. The lowest BCUT2D eigenvalue weighted by Crippen LogP contribution is -2.30. The van der Waals surface area contributed by atoms with Gasteiger partial charge in [-0.2, -0.15) is 0 Å². The van der Waals surface area contributed by atoms with Crippen molar-refractivity contribution in [2.24, 2.45) is 0 Å². The summed E-state index contributed by atoms with van der Waals surface area (Å²) in [6.07, 6.45) is 1.66. The molecule has 0 saturated heterocycles. The lowest BCUT2D eigenvalue weighted by atomic mass is 9.73. The largest absolute Gasteiger partial charge is 0.310 e. The van der Waals surface area contributed by atoms with Gasteiger partial charge in [-0.1, -0.05) is 68.4 Å². The Bertz CT molecular complexity index is 1500. The maximum atomic E-state index is 13.2. The Hall–Kier alpha value is -4.24. The lowest BCUT2D eigenvalue weighted by molar-refractivity contribution is 0.103. The predicted octanol–water partition coefficient (Wildman–Crippen LogP) is 7.57. The fourth-order valence-corrected chi connectivity index (χ4v) is 5.07. The fourth-order valence-electron chi connectivity index (χ4n) is 5.07. The molecule has 1 aliphatic heterocycles. The number of aromatic nitrogens is 1. The van der Waals surface area contributed by atoms with E-state index in [9.17, 15) is 4.79 Å². The van der Waals surface area contributed by atoms with Gasteiger partial charge in [0.2, 0.25) is 0 Å². The Balaban J connectivity index is 1.41. The van der Waals surface area contributed by atoms with Crippen LogP contribution in [0.3, 0.4) is 0 Å². The van der Waals surface area contributed by atoms with E-state index in [4.69, 9.17) is 0 Å². The van der Waals surface area contributed by atoms with Gasteiger partial charge in [-0.15, -0.1) is 0 Å². The number of nitrogens with zero attached hydrogens (tertiary/aromatic N) is 2. The Morgan fingerprint density at radius 1 is 0.706 bits per heavy atom. The molecule has 164 valence electrons. The minimum Gasteiger partial charge on any atom is -0.310 e. The smallest absolute Gasteiger partial charge is 0.194 e. The van der Waals surface area contributed by atoms with Crippen molar-refractivity contribution in [3.8, 4) is 0 Å². The van der Waals surface area contributed by atoms with E-state index >= 15 is 0 Å². The number of hydrogen-bond donors (Lipinski definition) is 0. The molecule has 1 aromatic heterocycles. The van der Waals surface area contributed by atoms with Crippen LogP contribution in [-0.4, -0.2) is 10.8 Å². The van der Waals surface area contributed by atoms with E-state index in [1.54, 1.807) is 6.20 Å². The molecule has 0 atom stereocenters. The second-order valence-corrected chi connectivity index (χ2v) is 9.29. The fraction of sp³-hybridized carbons (Fsp3) is 0.0968. The third-order valence-electron chi connectivity index (χ3n) is 6.88. The van der Waals surface area contributed by atoms with E-state index in [1.807, 2.05) is 54.6 Å². The summed E-state index contributed by atoms with van der Waals surface area (Å²) in [5.74, 6) is -0.0228. The first-order chi connectivity index (χ1) is 16.5. The predicted molar refractivity (Wildman–Crippen MR) is 138 cm³/mol. The van der Waals surface area contributed by atoms with Gasteiger partial charge in [-0.05, 0) is 59.7 Å². The number of carbonyl (C=O) groups excluding carboxylic acids is 1. The lowest BCUT2D eigenvalue weighted by Gasteiger charge is -2.42. The van der Waals surface area contributed by atoms with Gasteiger partial charge in [-0.25, -0.2) is 0 Å². The SMILES string of the molecule is CC1(C)c2ccccc2N(c2ccc(C(=O)c3cnc4ccccc4c3)cc2)c2ccccc21. The maximum Gasteiger partial charge on any atom is 0.194 e. The molecule has 2 heterocycles. The molecule has 0 spiro atoms. The minimum absolute atomic E-state index is 0.0228. The van der Waals surface area contributed by atoms with Gasteiger partial charge >= 0.3 is 0 Å². The zero-order valence-electron chi connectivity index (χ0n) is 19.2. The molecule has 0 saturated carbocycles. The molecule has 0 amide bonds. The Morgan fingerprint density at radius 3 is 1.97 bits per heavy atom. The van der Waals surface area contributed by atoms with Gasteiger partial charge in [0.25, 0.3) is 0 Å². The van der Waals surface area contributed by atoms with Crippen LogP contribution >= 0.6 is 0 Å². The summed E-state index contributed by atoms with van der Waals surface area (Å²) < 4.78 is 0. The van der Waals surface area contributed by atoms with Gasteiger partial charge in [-0.3, -0.25) is 9.78 Å². The third-order valence-corrected chi connectivity index (χ3v) is 6.88. The van der Waals surface area contributed by atoms with Crippen LogP contribution < -0.4 is 4.90 Å². The Morgan fingerprint density at radius 2 is 1.29 bits per heavy atom. The monoisotopic (exact) mass is 440 g/mol. The zero-order valence-corrected chi connectivity index (χ0v) is 19.2. The molecular weight excluding hydrogens is 416 g/mol. The third kappa shape index (κ3) is 3.12. The van der Waals surface area contributed by atoms with Crippen molar-refractivity contribution in [2.75, 3.05) is 4.90 Å². The van der Waals surface area contributed by atoms with E-state index in [-0.39, 0.29) is 11.2 Å². The minimum atomic E-state index is -0.0946. The van der Waals surface area contributed by atoms with E-state index in [0.29, 0.717) is 11.1 Å². The number of fused-ring (bicyclic) bond motifs is 3. The highest BCUT2D eigenvalue weighted by atomic mass is 16.1. The van der Waals surface area contributed by atoms with E-state index in [2.05, 4.69) is 72.3 Å². The van der Waals surface area contributed by atoms with Gasteiger partial charge in [0.15, 0.2) is 5.78 Å². The first-order valence-corrected chi connectivity index (χ1v) is 11.5. The number of benzene rings is 4. The molecule has 6 rings (SSSR count). The number of carbonyl (C=O) groups is 1. The summed E-state index contributed by atoms with van der Waals surface area (Å²) in [6.45, 7) is 4.56. The number of ketones is 1. The maximum absolute atomic E-state index is 13.2. The number of hydrogen-bond acceptors (Lipinski definition) is 3. The highest BCUT2D eigenvalue weighted by Crippen LogP contribution is 2.51. The summed E-state index contributed by atoms with van der Waals surface area (Å²) in [5.41, 5.74) is 7.99. The molecule has 5 aromatic rings.